The van der Waals surface area contributed by atoms with E-state index in [1.54, 1.807) is 13.2 Å². The van der Waals surface area contributed by atoms with E-state index in [9.17, 15) is 0 Å². The third-order valence-corrected chi connectivity index (χ3v) is 0.848. The molecule has 0 aliphatic carbocycles. The van der Waals surface area contributed by atoms with Gasteiger partial charge in [0, 0.05) is 0 Å². The molecule has 0 radical (unpaired) electrons. The van der Waals surface area contributed by atoms with Crippen molar-refractivity contribution in [3.63, 3.8) is 0 Å². The van der Waals surface area contributed by atoms with Crippen LogP contribution in [-0.2, 0) is 4.74 Å². The highest BCUT2D eigenvalue weighted by Crippen LogP contribution is 1.91. The minimum atomic E-state index is 0.674. The Morgan fingerprint density at radius 3 is 2.56 bits per heavy atom. The molecular formula is C8H12O. The molecule has 0 saturated heterocycles. The molecule has 0 heterocycles. The number of rotatable bonds is 3. The third-order valence-electron chi connectivity index (χ3n) is 0.848. The fourth-order valence-corrected chi connectivity index (χ4v) is 0.342. The predicted molar refractivity (Wildman–Crippen MR) is 40.1 cm³/mol. The van der Waals surface area contributed by atoms with Crippen LogP contribution in [0.4, 0.5) is 0 Å². The van der Waals surface area contributed by atoms with Crippen LogP contribution in [0.25, 0.3) is 0 Å². The first-order chi connectivity index (χ1) is 4.31. The van der Waals surface area contributed by atoms with Crippen molar-refractivity contribution in [3.8, 4) is 0 Å². The second kappa shape index (κ2) is 5.16. The van der Waals surface area contributed by atoms with Crippen molar-refractivity contribution >= 4 is 0 Å². The van der Waals surface area contributed by atoms with E-state index >= 15 is 0 Å². The summed E-state index contributed by atoms with van der Waals surface area (Å²) in [4.78, 5) is 0. The molecule has 9 heavy (non-hydrogen) atoms. The van der Waals surface area contributed by atoms with Crippen molar-refractivity contribution in [1.29, 1.82) is 0 Å². The van der Waals surface area contributed by atoms with E-state index in [-0.39, 0.29) is 0 Å². The molecule has 0 saturated carbocycles. The van der Waals surface area contributed by atoms with Gasteiger partial charge >= 0.3 is 0 Å². The van der Waals surface area contributed by atoms with Crippen LogP contribution in [0.5, 0.6) is 0 Å². The zero-order valence-electron chi connectivity index (χ0n) is 5.92. The maximum Gasteiger partial charge on any atom is 0.111 e. The van der Waals surface area contributed by atoms with Crippen molar-refractivity contribution in [3.05, 3.63) is 36.6 Å². The standard InChI is InChI=1S/C8H12O/c1-4-5-6-7-8(2)9-3/h4-7H,2H2,1,3H3/b5-4-,7-6-. The normalized spacial score (nSPS) is 10.9. The number of hydrogen-bond acceptors (Lipinski definition) is 1. The second-order valence-corrected chi connectivity index (χ2v) is 1.56. The summed E-state index contributed by atoms with van der Waals surface area (Å²) in [6, 6.07) is 0. The minimum Gasteiger partial charge on any atom is -0.497 e. The zero-order chi connectivity index (χ0) is 7.11. The first-order valence-electron chi connectivity index (χ1n) is 2.83. The lowest BCUT2D eigenvalue weighted by Gasteiger charge is -1.92. The Morgan fingerprint density at radius 2 is 2.11 bits per heavy atom. The summed E-state index contributed by atoms with van der Waals surface area (Å²) < 4.78 is 4.78. The second-order valence-electron chi connectivity index (χ2n) is 1.56. The van der Waals surface area contributed by atoms with Gasteiger partial charge in [-0.2, -0.15) is 0 Å². The molecule has 0 aliphatic heterocycles. The van der Waals surface area contributed by atoms with Gasteiger partial charge in [-0.3, -0.25) is 0 Å². The lowest BCUT2D eigenvalue weighted by Crippen LogP contribution is -1.74. The zero-order valence-corrected chi connectivity index (χ0v) is 5.92. The van der Waals surface area contributed by atoms with Crippen molar-refractivity contribution in [2.45, 2.75) is 6.92 Å². The molecule has 0 aliphatic rings. The van der Waals surface area contributed by atoms with Crippen molar-refractivity contribution in [2.24, 2.45) is 0 Å². The van der Waals surface area contributed by atoms with E-state index in [1.165, 1.54) is 0 Å². The van der Waals surface area contributed by atoms with Gasteiger partial charge in [0.25, 0.3) is 0 Å². The van der Waals surface area contributed by atoms with Crippen molar-refractivity contribution in [2.75, 3.05) is 7.11 Å². The highest BCUT2D eigenvalue weighted by atomic mass is 16.5. The monoisotopic (exact) mass is 124 g/mol. The van der Waals surface area contributed by atoms with Gasteiger partial charge in [0.05, 0.1) is 7.11 Å². The maximum absolute atomic E-state index is 4.78. The molecule has 1 nitrogen and oxygen atoms in total. The average molecular weight is 124 g/mol. The molecule has 0 bridgehead atoms. The van der Waals surface area contributed by atoms with Gasteiger partial charge in [0.1, 0.15) is 5.76 Å². The molecule has 0 spiro atoms. The van der Waals surface area contributed by atoms with Crippen LogP contribution in [0.2, 0.25) is 0 Å². The van der Waals surface area contributed by atoms with Crippen LogP contribution in [0.1, 0.15) is 6.92 Å². The van der Waals surface area contributed by atoms with E-state index in [0.717, 1.165) is 0 Å². The first-order valence-corrected chi connectivity index (χ1v) is 2.83. The van der Waals surface area contributed by atoms with Gasteiger partial charge in [-0.1, -0.05) is 24.8 Å². The predicted octanol–water partition coefficient (Wildman–Crippen LogP) is 2.28. The molecule has 0 amide bonds. The molecular weight excluding hydrogens is 112 g/mol. The van der Waals surface area contributed by atoms with Gasteiger partial charge in [-0.15, -0.1) is 0 Å². The van der Waals surface area contributed by atoms with E-state index in [4.69, 9.17) is 4.74 Å². The van der Waals surface area contributed by atoms with Crippen molar-refractivity contribution in [1.82, 2.24) is 0 Å². The Bertz CT molecular complexity index is 132. The quantitative estimate of drug-likeness (QED) is 0.414. The van der Waals surface area contributed by atoms with Gasteiger partial charge in [0.15, 0.2) is 0 Å². The summed E-state index contributed by atoms with van der Waals surface area (Å²) in [5.41, 5.74) is 0. The highest BCUT2D eigenvalue weighted by Gasteiger charge is 1.75. The summed E-state index contributed by atoms with van der Waals surface area (Å²) in [6.45, 7) is 5.56. The van der Waals surface area contributed by atoms with Gasteiger partial charge < -0.3 is 4.74 Å². The van der Waals surface area contributed by atoms with Gasteiger partial charge in [-0.25, -0.2) is 0 Å². The van der Waals surface area contributed by atoms with Crippen LogP contribution >= 0.6 is 0 Å². The fourth-order valence-electron chi connectivity index (χ4n) is 0.342. The summed E-state index contributed by atoms with van der Waals surface area (Å²) in [5, 5.41) is 0. The summed E-state index contributed by atoms with van der Waals surface area (Å²) in [5.74, 6) is 0.674. The smallest absolute Gasteiger partial charge is 0.111 e. The highest BCUT2D eigenvalue weighted by molar-refractivity contribution is 5.13. The van der Waals surface area contributed by atoms with Crippen LogP contribution in [0.15, 0.2) is 36.6 Å². The van der Waals surface area contributed by atoms with E-state index < -0.39 is 0 Å². The lowest BCUT2D eigenvalue weighted by molar-refractivity contribution is 0.309. The van der Waals surface area contributed by atoms with Crippen LogP contribution < -0.4 is 0 Å². The number of allylic oxidation sites excluding steroid dienone is 4. The largest absolute Gasteiger partial charge is 0.497 e. The molecule has 50 valence electrons. The fraction of sp³-hybridized carbons (Fsp3) is 0.250. The molecule has 0 aromatic heterocycles. The molecule has 0 atom stereocenters. The minimum absolute atomic E-state index is 0.674. The Morgan fingerprint density at radius 1 is 1.44 bits per heavy atom. The SMILES string of the molecule is C=C(/C=C\C=C/C)OC. The number of ether oxygens (including phenoxy) is 1. The van der Waals surface area contributed by atoms with Gasteiger partial charge in [-0.05, 0) is 13.0 Å². The topological polar surface area (TPSA) is 9.23 Å². The summed E-state index contributed by atoms with van der Waals surface area (Å²) >= 11 is 0. The van der Waals surface area contributed by atoms with Crippen molar-refractivity contribution < 1.29 is 4.74 Å². The Kier molecular flexibility index (Phi) is 4.60. The summed E-state index contributed by atoms with van der Waals surface area (Å²) in [6.07, 6.45) is 7.55. The average Bonchev–Trinajstić information content (AvgIpc) is 1.89. The van der Waals surface area contributed by atoms with Crippen LogP contribution in [0, 0.1) is 0 Å². The van der Waals surface area contributed by atoms with E-state index in [2.05, 4.69) is 6.58 Å². The van der Waals surface area contributed by atoms with Gasteiger partial charge in [0.2, 0.25) is 0 Å². The molecule has 1 heteroatoms. The Labute approximate surface area is 56.3 Å². The molecule has 0 aromatic rings. The first kappa shape index (κ1) is 8.02. The van der Waals surface area contributed by atoms with E-state index in [0.29, 0.717) is 5.76 Å². The molecule has 0 N–H and O–H groups in total. The van der Waals surface area contributed by atoms with Crippen LogP contribution in [-0.4, -0.2) is 7.11 Å². The van der Waals surface area contributed by atoms with E-state index in [1.807, 2.05) is 25.2 Å². The third kappa shape index (κ3) is 4.88. The molecule has 0 unspecified atom stereocenters. The number of methoxy groups -OCH3 is 1. The number of hydrogen-bond donors (Lipinski definition) is 0. The molecule has 0 aromatic carbocycles. The molecule has 0 rings (SSSR count). The maximum atomic E-state index is 4.78. The lowest BCUT2D eigenvalue weighted by atomic mass is 10.4. The summed E-state index contributed by atoms with van der Waals surface area (Å²) in [7, 11) is 1.60. The molecule has 0 fully saturated rings. The van der Waals surface area contributed by atoms with Crippen LogP contribution in [0.3, 0.4) is 0 Å². The Balaban J connectivity index is 3.57. The Hall–Kier alpha value is -0.980.